The van der Waals surface area contributed by atoms with Crippen LogP contribution in [0.5, 0.6) is 5.75 Å². The summed E-state index contributed by atoms with van der Waals surface area (Å²) in [6.45, 7) is 2.00. The van der Waals surface area contributed by atoms with Crippen LogP contribution >= 0.6 is 11.8 Å². The quantitative estimate of drug-likeness (QED) is 0.308. The van der Waals surface area contributed by atoms with E-state index in [-0.39, 0.29) is 18.3 Å². The largest absolute Gasteiger partial charge is 0.497 e. The highest BCUT2D eigenvalue weighted by Gasteiger charge is 2.15. The molecule has 0 atom stereocenters. The van der Waals surface area contributed by atoms with Crippen molar-refractivity contribution in [2.45, 2.75) is 11.9 Å². The van der Waals surface area contributed by atoms with Crippen LogP contribution in [-0.4, -0.2) is 45.9 Å². The Bertz CT molecular complexity index is 1290. The Balaban J connectivity index is 1.48. The van der Waals surface area contributed by atoms with E-state index in [1.54, 1.807) is 55.2 Å². The average molecular weight is 463 g/mol. The zero-order chi connectivity index (χ0) is 23.2. The summed E-state index contributed by atoms with van der Waals surface area (Å²) in [5.41, 5.74) is 3.27. The lowest BCUT2D eigenvalue weighted by Crippen LogP contribution is -2.17. The monoisotopic (exact) mass is 462 g/mol. The van der Waals surface area contributed by atoms with Crippen molar-refractivity contribution in [3.8, 4) is 17.0 Å². The number of benzene rings is 2. The maximum atomic E-state index is 12.6. The Labute approximate surface area is 194 Å². The van der Waals surface area contributed by atoms with Crippen LogP contribution in [0.1, 0.15) is 17.3 Å². The highest BCUT2D eigenvalue weighted by Crippen LogP contribution is 2.27. The Kier molecular flexibility index (Phi) is 6.89. The van der Waals surface area contributed by atoms with E-state index in [0.29, 0.717) is 16.3 Å². The maximum absolute atomic E-state index is 12.6. The van der Waals surface area contributed by atoms with Gasteiger partial charge in [0.25, 0.3) is 0 Å². The van der Waals surface area contributed by atoms with E-state index in [9.17, 15) is 9.59 Å². The van der Waals surface area contributed by atoms with E-state index in [1.807, 2.05) is 30.3 Å². The Morgan fingerprint density at radius 1 is 1.12 bits per heavy atom. The van der Waals surface area contributed by atoms with Crippen LogP contribution in [0.15, 0.2) is 72.0 Å². The van der Waals surface area contributed by atoms with Crippen molar-refractivity contribution in [1.29, 1.82) is 0 Å². The molecule has 0 spiro atoms. The molecule has 33 heavy (non-hydrogen) atoms. The number of thioether (sulfide) groups is 1. The third-order valence-electron chi connectivity index (χ3n) is 4.78. The molecule has 9 heteroatoms. The number of para-hydroxylation sites is 1. The van der Waals surface area contributed by atoms with Crippen LogP contribution in [0.3, 0.4) is 0 Å². The lowest BCUT2D eigenvalue weighted by atomic mass is 10.1. The van der Waals surface area contributed by atoms with Gasteiger partial charge in [-0.15, -0.1) is 0 Å². The smallest absolute Gasteiger partial charge is 0.340 e. The second kappa shape index (κ2) is 10.2. The van der Waals surface area contributed by atoms with Gasteiger partial charge in [0.1, 0.15) is 10.8 Å². The van der Waals surface area contributed by atoms with Crippen LogP contribution in [-0.2, 0) is 9.53 Å². The molecule has 0 saturated heterocycles. The number of aromatic nitrogens is 3. The fraction of sp³-hybridized carbons (Fsp3) is 0.167. The van der Waals surface area contributed by atoms with Crippen molar-refractivity contribution in [3.05, 3.63) is 72.6 Å². The average Bonchev–Trinajstić information content (AvgIpc) is 3.28. The van der Waals surface area contributed by atoms with Crippen molar-refractivity contribution in [2.24, 2.45) is 0 Å². The van der Waals surface area contributed by atoms with Crippen LogP contribution in [0.2, 0.25) is 0 Å². The number of rotatable bonds is 8. The minimum Gasteiger partial charge on any atom is -0.497 e. The molecule has 8 nitrogen and oxygen atoms in total. The van der Waals surface area contributed by atoms with Gasteiger partial charge in [-0.1, -0.05) is 23.9 Å². The molecule has 4 rings (SSSR count). The number of methoxy groups -OCH3 is 1. The number of amides is 1. The lowest BCUT2D eigenvalue weighted by Gasteiger charge is -2.10. The molecule has 0 saturated carbocycles. The van der Waals surface area contributed by atoms with Crippen LogP contribution in [0.4, 0.5) is 5.69 Å². The van der Waals surface area contributed by atoms with Gasteiger partial charge in [0.15, 0.2) is 0 Å². The SMILES string of the molecule is CCOC(=O)c1ccccc1NC(=O)CSc1nccn2nc(-c3ccc(OC)cc3)cc12. The highest BCUT2D eigenvalue weighted by molar-refractivity contribution is 8.00. The minimum atomic E-state index is -0.474. The number of nitrogens with one attached hydrogen (secondary N) is 1. The van der Waals surface area contributed by atoms with Gasteiger partial charge >= 0.3 is 5.97 Å². The number of anilines is 1. The van der Waals surface area contributed by atoms with Crippen LogP contribution in [0, 0.1) is 0 Å². The first-order valence-electron chi connectivity index (χ1n) is 10.3. The number of hydrogen-bond donors (Lipinski definition) is 1. The number of ether oxygens (including phenoxy) is 2. The van der Waals surface area contributed by atoms with E-state index >= 15 is 0 Å². The minimum absolute atomic E-state index is 0.118. The van der Waals surface area contributed by atoms with Gasteiger partial charge in [0.05, 0.1) is 41.9 Å². The molecular formula is C24H22N4O4S. The topological polar surface area (TPSA) is 94.8 Å². The molecule has 0 aliphatic carbocycles. The molecule has 0 radical (unpaired) electrons. The standard InChI is InChI=1S/C24H22N4O4S/c1-3-32-24(30)18-6-4-5-7-19(18)26-22(29)15-33-23-21-14-20(27-28(21)13-12-25-23)16-8-10-17(31-2)11-9-16/h4-14H,3,15H2,1-2H3,(H,26,29). The third kappa shape index (κ3) is 5.15. The van der Waals surface area contributed by atoms with Gasteiger partial charge in [0.2, 0.25) is 5.91 Å². The maximum Gasteiger partial charge on any atom is 0.340 e. The molecule has 0 fully saturated rings. The van der Waals surface area contributed by atoms with Crippen molar-refractivity contribution in [3.63, 3.8) is 0 Å². The van der Waals surface area contributed by atoms with Gasteiger partial charge in [-0.05, 0) is 49.4 Å². The molecule has 2 aromatic carbocycles. The first kappa shape index (κ1) is 22.3. The number of esters is 1. The van der Waals surface area contributed by atoms with Gasteiger partial charge in [-0.3, -0.25) is 4.79 Å². The predicted octanol–water partition coefficient (Wildman–Crippen LogP) is 4.31. The number of carbonyl (C=O) groups is 2. The second-order valence-electron chi connectivity index (χ2n) is 6.92. The first-order valence-corrected chi connectivity index (χ1v) is 11.2. The van der Waals surface area contributed by atoms with Crippen molar-refractivity contribution in [2.75, 3.05) is 24.8 Å². The molecule has 168 valence electrons. The van der Waals surface area contributed by atoms with Crippen molar-refractivity contribution in [1.82, 2.24) is 14.6 Å². The summed E-state index contributed by atoms with van der Waals surface area (Å²) in [5, 5.41) is 8.08. The molecule has 0 aliphatic rings. The van der Waals surface area contributed by atoms with Gasteiger partial charge in [-0.2, -0.15) is 5.10 Å². The van der Waals surface area contributed by atoms with E-state index in [0.717, 1.165) is 22.5 Å². The Morgan fingerprint density at radius 2 is 1.91 bits per heavy atom. The zero-order valence-electron chi connectivity index (χ0n) is 18.1. The van der Waals surface area contributed by atoms with E-state index in [2.05, 4.69) is 15.4 Å². The molecule has 2 heterocycles. The fourth-order valence-corrected chi connectivity index (χ4v) is 3.99. The van der Waals surface area contributed by atoms with Crippen LogP contribution < -0.4 is 10.1 Å². The zero-order valence-corrected chi connectivity index (χ0v) is 19.0. The normalized spacial score (nSPS) is 10.7. The molecular weight excluding hydrogens is 440 g/mol. The van der Waals surface area contributed by atoms with E-state index in [1.165, 1.54) is 11.8 Å². The lowest BCUT2D eigenvalue weighted by molar-refractivity contribution is -0.113. The molecule has 1 amide bonds. The summed E-state index contributed by atoms with van der Waals surface area (Å²) in [7, 11) is 1.63. The summed E-state index contributed by atoms with van der Waals surface area (Å²) < 4.78 is 12.0. The first-order chi connectivity index (χ1) is 16.1. The van der Waals surface area contributed by atoms with Gasteiger partial charge in [-0.25, -0.2) is 14.3 Å². The fourth-order valence-electron chi connectivity index (χ4n) is 3.21. The molecule has 2 aromatic heterocycles. The third-order valence-corrected chi connectivity index (χ3v) is 5.77. The molecule has 0 bridgehead atoms. The van der Waals surface area contributed by atoms with E-state index in [4.69, 9.17) is 9.47 Å². The summed E-state index contributed by atoms with van der Waals surface area (Å²) in [6, 6.07) is 16.3. The highest BCUT2D eigenvalue weighted by atomic mass is 32.2. The molecule has 1 N–H and O–H groups in total. The summed E-state index contributed by atoms with van der Waals surface area (Å²) in [6.07, 6.45) is 3.41. The molecule has 0 aliphatic heterocycles. The molecule has 0 unspecified atom stereocenters. The number of nitrogens with zero attached hydrogens (tertiary/aromatic N) is 3. The van der Waals surface area contributed by atoms with Gasteiger partial charge in [0, 0.05) is 18.0 Å². The van der Waals surface area contributed by atoms with E-state index < -0.39 is 5.97 Å². The number of carbonyl (C=O) groups excluding carboxylic acids is 2. The van der Waals surface area contributed by atoms with Gasteiger partial charge < -0.3 is 14.8 Å². The number of fused-ring (bicyclic) bond motifs is 1. The second-order valence-corrected chi connectivity index (χ2v) is 7.89. The van der Waals surface area contributed by atoms with Crippen molar-refractivity contribution < 1.29 is 19.1 Å². The Morgan fingerprint density at radius 3 is 2.67 bits per heavy atom. The summed E-state index contributed by atoms with van der Waals surface area (Å²) in [5.74, 6) is 0.164. The summed E-state index contributed by atoms with van der Waals surface area (Å²) in [4.78, 5) is 29.1. The predicted molar refractivity (Wildman–Crippen MR) is 127 cm³/mol. The van der Waals surface area contributed by atoms with Crippen molar-refractivity contribution >= 4 is 34.8 Å². The molecule has 4 aromatic rings. The number of hydrogen-bond acceptors (Lipinski definition) is 7. The van der Waals surface area contributed by atoms with Crippen LogP contribution in [0.25, 0.3) is 16.8 Å². The Hall–Kier alpha value is -3.85. The summed E-state index contributed by atoms with van der Waals surface area (Å²) >= 11 is 1.30.